The van der Waals surface area contributed by atoms with Crippen LogP contribution in [0.5, 0.6) is 5.75 Å². The minimum atomic E-state index is 0.404. The molecule has 0 aliphatic heterocycles. The van der Waals surface area contributed by atoms with Gasteiger partial charge in [0.15, 0.2) is 0 Å². The Morgan fingerprint density at radius 3 is 2.44 bits per heavy atom. The summed E-state index contributed by atoms with van der Waals surface area (Å²) in [6.45, 7) is 0.595. The van der Waals surface area contributed by atoms with E-state index < -0.39 is 0 Å². The highest BCUT2D eigenvalue weighted by molar-refractivity contribution is 6.32. The van der Waals surface area contributed by atoms with Crippen LogP contribution in [0.15, 0.2) is 48.5 Å². The van der Waals surface area contributed by atoms with Gasteiger partial charge in [-0.05, 0) is 11.6 Å². The average Bonchev–Trinajstić information content (AvgIpc) is 2.41. The fourth-order valence-corrected chi connectivity index (χ4v) is 2.20. The van der Waals surface area contributed by atoms with Gasteiger partial charge in [-0.2, -0.15) is 0 Å². The van der Waals surface area contributed by atoms with Crippen LogP contribution in [0.1, 0.15) is 11.1 Å². The van der Waals surface area contributed by atoms with Crippen LogP contribution in [0, 0.1) is 0 Å². The first-order valence-corrected chi connectivity index (χ1v) is 6.72. The van der Waals surface area contributed by atoms with E-state index >= 15 is 0 Å². The second kappa shape index (κ2) is 6.67. The molecular weight excluding hydrogens is 267 g/mol. The molecule has 0 atom stereocenters. The summed E-state index contributed by atoms with van der Waals surface area (Å²) in [5.41, 5.74) is 2.18. The first kappa shape index (κ1) is 13.3. The molecule has 94 valence electrons. The maximum atomic E-state index is 6.11. The summed E-state index contributed by atoms with van der Waals surface area (Å²) in [5.74, 6) is 1.10. The number of para-hydroxylation sites is 1. The third kappa shape index (κ3) is 3.41. The molecule has 0 aliphatic rings. The van der Waals surface area contributed by atoms with Crippen molar-refractivity contribution in [1.82, 2.24) is 0 Å². The SMILES string of the molecule is ClCc1cccc(Cl)c1OCCc1ccccc1. The third-order valence-corrected chi connectivity index (χ3v) is 3.26. The van der Waals surface area contributed by atoms with Crippen LogP contribution in [-0.4, -0.2) is 6.61 Å². The van der Waals surface area contributed by atoms with Crippen molar-refractivity contribution in [3.63, 3.8) is 0 Å². The molecule has 0 amide bonds. The molecule has 0 spiro atoms. The summed E-state index contributed by atoms with van der Waals surface area (Å²) in [6.07, 6.45) is 0.855. The lowest BCUT2D eigenvalue weighted by molar-refractivity contribution is 0.319. The van der Waals surface area contributed by atoms with Gasteiger partial charge in [-0.1, -0.05) is 54.1 Å². The highest BCUT2D eigenvalue weighted by Gasteiger charge is 2.07. The summed E-state index contributed by atoms with van der Waals surface area (Å²) in [7, 11) is 0. The van der Waals surface area contributed by atoms with Gasteiger partial charge in [0.1, 0.15) is 5.75 Å². The van der Waals surface area contributed by atoms with E-state index in [4.69, 9.17) is 27.9 Å². The van der Waals surface area contributed by atoms with Crippen LogP contribution in [-0.2, 0) is 12.3 Å². The van der Waals surface area contributed by atoms with Crippen LogP contribution in [0.25, 0.3) is 0 Å². The fraction of sp³-hybridized carbons (Fsp3) is 0.200. The zero-order valence-electron chi connectivity index (χ0n) is 9.90. The number of alkyl halides is 1. The van der Waals surface area contributed by atoms with E-state index in [2.05, 4.69) is 12.1 Å². The van der Waals surface area contributed by atoms with Gasteiger partial charge >= 0.3 is 0 Å². The molecule has 1 nitrogen and oxygen atoms in total. The van der Waals surface area contributed by atoms with Crippen molar-refractivity contribution in [2.75, 3.05) is 6.61 Å². The summed E-state index contributed by atoms with van der Waals surface area (Å²) in [4.78, 5) is 0. The monoisotopic (exact) mass is 280 g/mol. The lowest BCUT2D eigenvalue weighted by Gasteiger charge is -2.11. The van der Waals surface area contributed by atoms with Gasteiger partial charge in [-0.25, -0.2) is 0 Å². The molecule has 0 N–H and O–H groups in total. The van der Waals surface area contributed by atoms with Crippen LogP contribution >= 0.6 is 23.2 Å². The van der Waals surface area contributed by atoms with Crippen LogP contribution in [0.3, 0.4) is 0 Å². The molecule has 2 aromatic carbocycles. The first-order chi connectivity index (χ1) is 8.81. The highest BCUT2D eigenvalue weighted by Crippen LogP contribution is 2.29. The lowest BCUT2D eigenvalue weighted by atomic mass is 10.2. The van der Waals surface area contributed by atoms with Gasteiger partial charge in [0.2, 0.25) is 0 Å². The number of halogens is 2. The van der Waals surface area contributed by atoms with E-state index in [0.29, 0.717) is 23.3 Å². The minimum Gasteiger partial charge on any atom is -0.491 e. The fourth-order valence-electron chi connectivity index (χ4n) is 1.74. The van der Waals surface area contributed by atoms with Crippen LogP contribution < -0.4 is 4.74 Å². The van der Waals surface area contributed by atoms with E-state index in [-0.39, 0.29) is 0 Å². The van der Waals surface area contributed by atoms with E-state index in [1.807, 2.05) is 36.4 Å². The molecular formula is C15H14Cl2O. The summed E-state index contributed by atoms with van der Waals surface area (Å²) in [6, 6.07) is 15.8. The molecule has 0 unspecified atom stereocenters. The Balaban J connectivity index is 1.98. The summed E-state index contributed by atoms with van der Waals surface area (Å²) < 4.78 is 5.75. The molecule has 0 bridgehead atoms. The van der Waals surface area contributed by atoms with Crippen molar-refractivity contribution in [2.45, 2.75) is 12.3 Å². The van der Waals surface area contributed by atoms with E-state index in [1.165, 1.54) is 5.56 Å². The van der Waals surface area contributed by atoms with Crippen molar-refractivity contribution in [2.24, 2.45) is 0 Å². The highest BCUT2D eigenvalue weighted by atomic mass is 35.5. The van der Waals surface area contributed by atoms with Crippen LogP contribution in [0.2, 0.25) is 5.02 Å². The number of hydrogen-bond donors (Lipinski definition) is 0. The van der Waals surface area contributed by atoms with Crippen molar-refractivity contribution >= 4 is 23.2 Å². The van der Waals surface area contributed by atoms with Gasteiger partial charge in [-0.3, -0.25) is 0 Å². The topological polar surface area (TPSA) is 9.23 Å². The maximum absolute atomic E-state index is 6.11. The van der Waals surface area contributed by atoms with Gasteiger partial charge in [0.25, 0.3) is 0 Å². The van der Waals surface area contributed by atoms with Gasteiger partial charge < -0.3 is 4.74 Å². The number of ether oxygens (including phenoxy) is 1. The minimum absolute atomic E-state index is 0.404. The molecule has 0 aromatic heterocycles. The normalized spacial score (nSPS) is 10.3. The largest absolute Gasteiger partial charge is 0.491 e. The number of rotatable bonds is 5. The molecule has 0 saturated heterocycles. The maximum Gasteiger partial charge on any atom is 0.142 e. The Morgan fingerprint density at radius 2 is 1.72 bits per heavy atom. The average molecular weight is 281 g/mol. The summed E-state index contributed by atoms with van der Waals surface area (Å²) >= 11 is 12.0. The molecule has 18 heavy (non-hydrogen) atoms. The van der Waals surface area contributed by atoms with E-state index in [9.17, 15) is 0 Å². The predicted molar refractivity (Wildman–Crippen MR) is 76.7 cm³/mol. The quantitative estimate of drug-likeness (QED) is 0.722. The molecule has 0 fully saturated rings. The number of benzene rings is 2. The molecule has 0 aliphatic carbocycles. The molecule has 2 aromatic rings. The molecule has 0 saturated carbocycles. The van der Waals surface area contributed by atoms with Gasteiger partial charge in [0.05, 0.1) is 17.5 Å². The van der Waals surface area contributed by atoms with E-state index in [0.717, 1.165) is 12.0 Å². The van der Waals surface area contributed by atoms with Crippen molar-refractivity contribution in [3.8, 4) is 5.75 Å². The second-order valence-electron chi connectivity index (χ2n) is 3.95. The van der Waals surface area contributed by atoms with Crippen molar-refractivity contribution in [3.05, 3.63) is 64.7 Å². The second-order valence-corrected chi connectivity index (χ2v) is 4.62. The Labute approximate surface area is 117 Å². The van der Waals surface area contributed by atoms with Crippen molar-refractivity contribution in [1.29, 1.82) is 0 Å². The zero-order chi connectivity index (χ0) is 12.8. The predicted octanol–water partition coefficient (Wildman–Crippen LogP) is 4.70. The van der Waals surface area contributed by atoms with Gasteiger partial charge in [-0.15, -0.1) is 11.6 Å². The van der Waals surface area contributed by atoms with Crippen molar-refractivity contribution < 1.29 is 4.74 Å². The molecule has 0 heterocycles. The number of hydrogen-bond acceptors (Lipinski definition) is 1. The first-order valence-electron chi connectivity index (χ1n) is 5.81. The Kier molecular flexibility index (Phi) is 4.91. The molecule has 0 radical (unpaired) electrons. The van der Waals surface area contributed by atoms with Gasteiger partial charge in [0, 0.05) is 12.0 Å². The van der Waals surface area contributed by atoms with E-state index in [1.54, 1.807) is 0 Å². The molecule has 3 heteroatoms. The standard InChI is InChI=1S/C15H14Cl2O/c16-11-13-7-4-8-14(17)15(13)18-10-9-12-5-2-1-3-6-12/h1-8H,9-11H2. The zero-order valence-corrected chi connectivity index (χ0v) is 11.4. The Morgan fingerprint density at radius 1 is 0.944 bits per heavy atom. The smallest absolute Gasteiger partial charge is 0.142 e. The third-order valence-electron chi connectivity index (χ3n) is 2.67. The summed E-state index contributed by atoms with van der Waals surface area (Å²) in [5, 5.41) is 0.612. The van der Waals surface area contributed by atoms with Crippen LogP contribution in [0.4, 0.5) is 0 Å². The Bertz CT molecular complexity index is 497. The molecule has 2 rings (SSSR count). The Hall–Kier alpha value is -1.18. The lowest BCUT2D eigenvalue weighted by Crippen LogP contribution is -2.03.